The highest BCUT2D eigenvalue weighted by molar-refractivity contribution is 5.73. The Balaban J connectivity index is 1.72. The van der Waals surface area contributed by atoms with Gasteiger partial charge in [-0.25, -0.2) is 14.4 Å². The quantitative estimate of drug-likeness (QED) is 0.527. The molecule has 0 N–H and O–H groups in total. The highest BCUT2D eigenvalue weighted by atomic mass is 19.1. The minimum absolute atomic E-state index is 0.134. The minimum atomic E-state index is -0.429. The van der Waals surface area contributed by atoms with Crippen LogP contribution in [-0.4, -0.2) is 34.2 Å². The van der Waals surface area contributed by atoms with Gasteiger partial charge >= 0.3 is 0 Å². The van der Waals surface area contributed by atoms with Crippen molar-refractivity contribution in [2.75, 3.05) is 14.2 Å². The number of pyridine rings is 2. The second-order valence-electron chi connectivity index (χ2n) is 6.12. The zero-order chi connectivity index (χ0) is 19.5. The third-order valence-electron chi connectivity index (χ3n) is 4.36. The predicted octanol–water partition coefficient (Wildman–Crippen LogP) is 3.83. The van der Waals surface area contributed by atoms with Gasteiger partial charge in [0.2, 0.25) is 0 Å². The lowest BCUT2D eigenvalue weighted by Gasteiger charge is -2.11. The van der Waals surface area contributed by atoms with Crippen molar-refractivity contribution in [1.82, 2.24) is 19.9 Å². The van der Waals surface area contributed by atoms with Crippen LogP contribution < -0.4 is 9.47 Å². The molecule has 4 aromatic rings. The van der Waals surface area contributed by atoms with E-state index in [4.69, 9.17) is 9.47 Å². The molecule has 0 aliphatic carbocycles. The highest BCUT2D eigenvalue weighted by Crippen LogP contribution is 2.29. The summed E-state index contributed by atoms with van der Waals surface area (Å²) in [6, 6.07) is 10.5. The molecule has 0 atom stereocenters. The summed E-state index contributed by atoms with van der Waals surface area (Å²) in [4.78, 5) is 17.6. The monoisotopic (exact) mass is 376 g/mol. The van der Waals surface area contributed by atoms with E-state index in [-0.39, 0.29) is 12.2 Å². The SMILES string of the molecule is COc1cc(Cc2ccc3ncc(-c4ccncc4)nc3n2)c(F)c(OC)c1. The van der Waals surface area contributed by atoms with Crippen LogP contribution in [0.1, 0.15) is 11.3 Å². The van der Waals surface area contributed by atoms with E-state index in [0.717, 1.165) is 5.56 Å². The molecule has 28 heavy (non-hydrogen) atoms. The normalized spacial score (nSPS) is 10.8. The van der Waals surface area contributed by atoms with Gasteiger partial charge < -0.3 is 9.47 Å². The number of aromatic nitrogens is 4. The number of benzene rings is 1. The largest absolute Gasteiger partial charge is 0.497 e. The fourth-order valence-corrected chi connectivity index (χ4v) is 2.91. The Morgan fingerprint density at radius 1 is 0.964 bits per heavy atom. The number of methoxy groups -OCH3 is 2. The van der Waals surface area contributed by atoms with Gasteiger partial charge in [-0.1, -0.05) is 0 Å². The molecule has 0 bridgehead atoms. The topological polar surface area (TPSA) is 70.0 Å². The molecular weight excluding hydrogens is 359 g/mol. The molecule has 0 saturated carbocycles. The lowest BCUT2D eigenvalue weighted by Crippen LogP contribution is -2.01. The molecule has 0 amide bonds. The average molecular weight is 376 g/mol. The van der Waals surface area contributed by atoms with Gasteiger partial charge in [-0.05, 0) is 30.3 Å². The van der Waals surface area contributed by atoms with Crippen molar-refractivity contribution in [2.24, 2.45) is 0 Å². The van der Waals surface area contributed by atoms with E-state index in [1.807, 2.05) is 24.3 Å². The number of hydrogen-bond donors (Lipinski definition) is 0. The van der Waals surface area contributed by atoms with E-state index in [1.165, 1.54) is 20.3 Å². The number of nitrogens with zero attached hydrogens (tertiary/aromatic N) is 4. The average Bonchev–Trinajstić information content (AvgIpc) is 2.75. The van der Waals surface area contributed by atoms with Crippen LogP contribution in [0, 0.1) is 5.82 Å². The van der Waals surface area contributed by atoms with Crippen LogP contribution in [0.4, 0.5) is 4.39 Å². The first kappa shape index (κ1) is 17.8. The van der Waals surface area contributed by atoms with Gasteiger partial charge in [-0.2, -0.15) is 0 Å². The molecule has 0 fully saturated rings. The zero-order valence-corrected chi connectivity index (χ0v) is 15.4. The predicted molar refractivity (Wildman–Crippen MR) is 103 cm³/mol. The van der Waals surface area contributed by atoms with Crippen molar-refractivity contribution >= 4 is 11.2 Å². The molecule has 0 unspecified atom stereocenters. The first-order valence-corrected chi connectivity index (χ1v) is 8.61. The fraction of sp³-hybridized carbons (Fsp3) is 0.143. The van der Waals surface area contributed by atoms with E-state index < -0.39 is 5.82 Å². The van der Waals surface area contributed by atoms with Crippen LogP contribution in [0.15, 0.2) is 55.0 Å². The number of hydrogen-bond acceptors (Lipinski definition) is 6. The molecule has 3 aromatic heterocycles. The van der Waals surface area contributed by atoms with Crippen LogP contribution in [0.5, 0.6) is 11.5 Å². The highest BCUT2D eigenvalue weighted by Gasteiger charge is 2.14. The van der Waals surface area contributed by atoms with Gasteiger partial charge in [0.05, 0.1) is 26.1 Å². The lowest BCUT2D eigenvalue weighted by atomic mass is 10.1. The summed E-state index contributed by atoms with van der Waals surface area (Å²) in [5, 5.41) is 0. The third kappa shape index (κ3) is 3.46. The van der Waals surface area contributed by atoms with Crippen molar-refractivity contribution in [3.8, 4) is 22.8 Å². The molecule has 4 rings (SSSR count). The molecule has 0 aliphatic rings. The smallest absolute Gasteiger partial charge is 0.179 e. The molecule has 0 radical (unpaired) electrons. The first-order chi connectivity index (χ1) is 13.7. The molecular formula is C21H17FN4O2. The van der Waals surface area contributed by atoms with Gasteiger partial charge in [-0.3, -0.25) is 9.97 Å². The van der Waals surface area contributed by atoms with E-state index in [9.17, 15) is 4.39 Å². The Kier molecular flexibility index (Phi) is 4.80. The minimum Gasteiger partial charge on any atom is -0.497 e. The van der Waals surface area contributed by atoms with E-state index in [0.29, 0.717) is 33.9 Å². The molecule has 0 aliphatic heterocycles. The maximum absolute atomic E-state index is 14.6. The summed E-state index contributed by atoms with van der Waals surface area (Å²) in [7, 11) is 2.95. The first-order valence-electron chi connectivity index (χ1n) is 8.61. The van der Waals surface area contributed by atoms with Crippen molar-refractivity contribution in [1.29, 1.82) is 0 Å². The zero-order valence-electron chi connectivity index (χ0n) is 15.4. The fourth-order valence-electron chi connectivity index (χ4n) is 2.91. The van der Waals surface area contributed by atoms with Gasteiger partial charge in [0, 0.05) is 41.7 Å². The number of rotatable bonds is 5. The third-order valence-corrected chi connectivity index (χ3v) is 4.36. The molecule has 6 nitrogen and oxygen atoms in total. The van der Waals surface area contributed by atoms with Crippen molar-refractivity contribution in [2.45, 2.75) is 6.42 Å². The van der Waals surface area contributed by atoms with E-state index in [1.54, 1.807) is 24.7 Å². The molecule has 0 saturated heterocycles. The molecule has 7 heteroatoms. The number of ether oxygens (including phenoxy) is 2. The van der Waals surface area contributed by atoms with Crippen LogP contribution >= 0.6 is 0 Å². The Bertz CT molecular complexity index is 1140. The lowest BCUT2D eigenvalue weighted by molar-refractivity contribution is 0.371. The van der Waals surface area contributed by atoms with Crippen LogP contribution in [0.2, 0.25) is 0 Å². The summed E-state index contributed by atoms with van der Waals surface area (Å²) < 4.78 is 25.0. The summed E-state index contributed by atoms with van der Waals surface area (Å²) in [5.74, 6) is 0.227. The molecule has 140 valence electrons. The number of fused-ring (bicyclic) bond motifs is 1. The molecule has 1 aromatic carbocycles. The Hall–Kier alpha value is -3.61. The second-order valence-corrected chi connectivity index (χ2v) is 6.12. The van der Waals surface area contributed by atoms with Gasteiger partial charge in [0.15, 0.2) is 17.2 Å². The Morgan fingerprint density at radius 2 is 1.79 bits per heavy atom. The van der Waals surface area contributed by atoms with E-state index in [2.05, 4.69) is 19.9 Å². The van der Waals surface area contributed by atoms with Crippen LogP contribution in [0.3, 0.4) is 0 Å². The van der Waals surface area contributed by atoms with Crippen LogP contribution in [-0.2, 0) is 6.42 Å². The molecule has 0 spiro atoms. The Morgan fingerprint density at radius 3 is 2.54 bits per heavy atom. The summed E-state index contributed by atoms with van der Waals surface area (Å²) in [5.41, 5.74) is 3.88. The van der Waals surface area contributed by atoms with Gasteiger partial charge in [-0.15, -0.1) is 0 Å². The second kappa shape index (κ2) is 7.56. The summed E-state index contributed by atoms with van der Waals surface area (Å²) >= 11 is 0. The standard InChI is InChI=1S/C21H17FN4O2/c1-27-16-10-14(20(22)19(11-16)28-2)9-15-3-4-17-21(25-15)26-18(12-24-17)13-5-7-23-8-6-13/h3-8,10-12H,9H2,1-2H3. The van der Waals surface area contributed by atoms with Gasteiger partial charge in [0.25, 0.3) is 0 Å². The maximum atomic E-state index is 14.6. The Labute approximate surface area is 161 Å². The van der Waals surface area contributed by atoms with Crippen molar-refractivity contribution in [3.63, 3.8) is 0 Å². The summed E-state index contributed by atoms with van der Waals surface area (Å²) in [6.45, 7) is 0. The van der Waals surface area contributed by atoms with Gasteiger partial charge in [0.1, 0.15) is 11.3 Å². The number of halogens is 1. The summed E-state index contributed by atoms with van der Waals surface area (Å²) in [6.07, 6.45) is 5.37. The van der Waals surface area contributed by atoms with Crippen molar-refractivity contribution < 1.29 is 13.9 Å². The van der Waals surface area contributed by atoms with E-state index >= 15 is 0 Å². The van der Waals surface area contributed by atoms with Crippen LogP contribution in [0.25, 0.3) is 22.4 Å². The maximum Gasteiger partial charge on any atom is 0.179 e. The van der Waals surface area contributed by atoms with Crippen molar-refractivity contribution in [3.05, 3.63) is 72.1 Å². The molecule has 3 heterocycles.